The van der Waals surface area contributed by atoms with Gasteiger partial charge in [-0.3, -0.25) is 4.79 Å². The highest BCUT2D eigenvalue weighted by Crippen LogP contribution is 2.12. The van der Waals surface area contributed by atoms with E-state index in [9.17, 15) is 4.79 Å². The number of nitrogens with one attached hydrogen (secondary N) is 2. The van der Waals surface area contributed by atoms with Crippen LogP contribution in [0, 0.1) is 5.92 Å². The van der Waals surface area contributed by atoms with E-state index in [0.29, 0.717) is 6.61 Å². The molecule has 0 radical (unpaired) electrons. The van der Waals surface area contributed by atoms with Gasteiger partial charge in [0.05, 0.1) is 0 Å². The van der Waals surface area contributed by atoms with E-state index in [-0.39, 0.29) is 12.5 Å². The van der Waals surface area contributed by atoms with Crippen LogP contribution in [0.15, 0.2) is 0 Å². The first-order valence-electron chi connectivity index (χ1n) is 6.38. The molecule has 0 bridgehead atoms. The monoisotopic (exact) mass is 228 g/mol. The number of piperidine rings is 1. The molecule has 1 aliphatic heterocycles. The van der Waals surface area contributed by atoms with Gasteiger partial charge in [-0.2, -0.15) is 0 Å². The molecule has 1 unspecified atom stereocenters. The van der Waals surface area contributed by atoms with Crippen LogP contribution in [0.1, 0.15) is 32.6 Å². The topological polar surface area (TPSA) is 50.4 Å². The van der Waals surface area contributed by atoms with Crippen molar-refractivity contribution in [1.29, 1.82) is 0 Å². The van der Waals surface area contributed by atoms with Crippen LogP contribution in [-0.4, -0.2) is 38.8 Å². The summed E-state index contributed by atoms with van der Waals surface area (Å²) in [5.41, 5.74) is 0. The van der Waals surface area contributed by atoms with Gasteiger partial charge in [0.2, 0.25) is 5.91 Å². The van der Waals surface area contributed by atoms with Gasteiger partial charge in [0.1, 0.15) is 6.61 Å². The molecule has 0 aromatic carbocycles. The Morgan fingerprint density at radius 1 is 1.56 bits per heavy atom. The van der Waals surface area contributed by atoms with Gasteiger partial charge in [-0.05, 0) is 44.7 Å². The van der Waals surface area contributed by atoms with Crippen LogP contribution in [0.25, 0.3) is 0 Å². The first-order valence-corrected chi connectivity index (χ1v) is 6.38. The van der Waals surface area contributed by atoms with Crippen molar-refractivity contribution < 1.29 is 9.53 Å². The average Bonchev–Trinajstić information content (AvgIpc) is 2.31. The SMILES string of the molecule is CCCOCC(=O)NCCC1CCCNC1. The van der Waals surface area contributed by atoms with Crippen molar-refractivity contribution in [2.24, 2.45) is 5.92 Å². The van der Waals surface area contributed by atoms with Gasteiger partial charge in [0, 0.05) is 13.2 Å². The minimum absolute atomic E-state index is 0.0113. The molecule has 0 spiro atoms. The highest BCUT2D eigenvalue weighted by molar-refractivity contribution is 5.77. The maximum absolute atomic E-state index is 11.3. The zero-order valence-corrected chi connectivity index (χ0v) is 10.3. The molecule has 4 heteroatoms. The lowest BCUT2D eigenvalue weighted by Crippen LogP contribution is -2.34. The van der Waals surface area contributed by atoms with Crippen molar-refractivity contribution in [3.8, 4) is 0 Å². The lowest BCUT2D eigenvalue weighted by atomic mass is 9.96. The molecular formula is C12H24N2O2. The fourth-order valence-electron chi connectivity index (χ4n) is 1.95. The number of rotatable bonds is 7. The average molecular weight is 228 g/mol. The Kier molecular flexibility index (Phi) is 7.17. The molecule has 0 aliphatic carbocycles. The lowest BCUT2D eigenvalue weighted by molar-refractivity contribution is -0.125. The third kappa shape index (κ3) is 6.08. The van der Waals surface area contributed by atoms with E-state index in [1.165, 1.54) is 12.8 Å². The van der Waals surface area contributed by atoms with Crippen molar-refractivity contribution in [2.45, 2.75) is 32.6 Å². The highest BCUT2D eigenvalue weighted by Gasteiger charge is 2.12. The third-order valence-electron chi connectivity index (χ3n) is 2.86. The molecule has 16 heavy (non-hydrogen) atoms. The first-order chi connectivity index (χ1) is 7.83. The minimum Gasteiger partial charge on any atom is -0.372 e. The number of amides is 1. The first kappa shape index (κ1) is 13.5. The Hall–Kier alpha value is -0.610. The molecule has 1 aliphatic rings. The fourth-order valence-corrected chi connectivity index (χ4v) is 1.95. The molecule has 2 N–H and O–H groups in total. The zero-order chi connectivity index (χ0) is 11.6. The highest BCUT2D eigenvalue weighted by atomic mass is 16.5. The Balaban J connectivity index is 1.94. The van der Waals surface area contributed by atoms with Gasteiger partial charge in [-0.15, -0.1) is 0 Å². The molecule has 0 aromatic heterocycles. The molecule has 0 aromatic rings. The van der Waals surface area contributed by atoms with Crippen LogP contribution in [-0.2, 0) is 9.53 Å². The van der Waals surface area contributed by atoms with Gasteiger partial charge in [-0.25, -0.2) is 0 Å². The quantitative estimate of drug-likeness (QED) is 0.637. The zero-order valence-electron chi connectivity index (χ0n) is 10.3. The third-order valence-corrected chi connectivity index (χ3v) is 2.86. The van der Waals surface area contributed by atoms with Crippen molar-refractivity contribution >= 4 is 5.91 Å². The second-order valence-corrected chi connectivity index (χ2v) is 4.40. The molecule has 1 fully saturated rings. The minimum atomic E-state index is 0.0113. The van der Waals surface area contributed by atoms with Crippen LogP contribution < -0.4 is 10.6 Å². The van der Waals surface area contributed by atoms with E-state index >= 15 is 0 Å². The van der Waals surface area contributed by atoms with E-state index in [0.717, 1.165) is 38.4 Å². The van der Waals surface area contributed by atoms with Gasteiger partial charge < -0.3 is 15.4 Å². The maximum atomic E-state index is 11.3. The van der Waals surface area contributed by atoms with Crippen LogP contribution in [0.5, 0.6) is 0 Å². The summed E-state index contributed by atoms with van der Waals surface area (Å²) in [7, 11) is 0. The fraction of sp³-hybridized carbons (Fsp3) is 0.917. The molecular weight excluding hydrogens is 204 g/mol. The van der Waals surface area contributed by atoms with Crippen molar-refractivity contribution in [2.75, 3.05) is 32.8 Å². The second kappa shape index (κ2) is 8.53. The number of hydrogen-bond acceptors (Lipinski definition) is 3. The molecule has 1 saturated heterocycles. The molecule has 94 valence electrons. The number of hydrogen-bond donors (Lipinski definition) is 2. The molecule has 1 atom stereocenters. The van der Waals surface area contributed by atoms with Crippen molar-refractivity contribution in [1.82, 2.24) is 10.6 Å². The molecule has 0 saturated carbocycles. The summed E-state index contributed by atoms with van der Waals surface area (Å²) in [5.74, 6) is 0.739. The smallest absolute Gasteiger partial charge is 0.245 e. The van der Waals surface area contributed by atoms with Gasteiger partial charge in [0.15, 0.2) is 0 Å². The lowest BCUT2D eigenvalue weighted by Gasteiger charge is -2.22. The molecule has 4 nitrogen and oxygen atoms in total. The van der Waals surface area contributed by atoms with Gasteiger partial charge >= 0.3 is 0 Å². The maximum Gasteiger partial charge on any atom is 0.245 e. The summed E-state index contributed by atoms with van der Waals surface area (Å²) < 4.78 is 5.16. The van der Waals surface area contributed by atoms with E-state index in [4.69, 9.17) is 4.74 Å². The summed E-state index contributed by atoms with van der Waals surface area (Å²) in [4.78, 5) is 11.3. The molecule has 1 amide bonds. The predicted octanol–water partition coefficient (Wildman–Crippen LogP) is 0.919. The number of ether oxygens (including phenoxy) is 1. The van der Waals surface area contributed by atoms with Crippen LogP contribution in [0.4, 0.5) is 0 Å². The Labute approximate surface area is 98.1 Å². The number of carbonyl (C=O) groups excluding carboxylic acids is 1. The van der Waals surface area contributed by atoms with Gasteiger partial charge in [-0.1, -0.05) is 6.92 Å². The van der Waals surface area contributed by atoms with Crippen molar-refractivity contribution in [3.05, 3.63) is 0 Å². The van der Waals surface area contributed by atoms with E-state index in [1.807, 2.05) is 6.92 Å². The number of carbonyl (C=O) groups is 1. The molecule has 1 heterocycles. The van der Waals surface area contributed by atoms with Gasteiger partial charge in [0.25, 0.3) is 0 Å². The predicted molar refractivity (Wildman–Crippen MR) is 64.3 cm³/mol. The standard InChI is InChI=1S/C12H24N2O2/c1-2-8-16-10-12(15)14-7-5-11-4-3-6-13-9-11/h11,13H,2-10H2,1H3,(H,14,15). The molecule has 1 rings (SSSR count). The Morgan fingerprint density at radius 3 is 3.12 bits per heavy atom. The van der Waals surface area contributed by atoms with Crippen LogP contribution >= 0.6 is 0 Å². The van der Waals surface area contributed by atoms with Crippen LogP contribution in [0.3, 0.4) is 0 Å². The summed E-state index contributed by atoms with van der Waals surface area (Å²) >= 11 is 0. The van der Waals surface area contributed by atoms with Crippen LogP contribution in [0.2, 0.25) is 0 Å². The van der Waals surface area contributed by atoms with E-state index in [1.54, 1.807) is 0 Å². The second-order valence-electron chi connectivity index (χ2n) is 4.40. The van der Waals surface area contributed by atoms with E-state index in [2.05, 4.69) is 10.6 Å². The summed E-state index contributed by atoms with van der Waals surface area (Å²) in [6.45, 7) is 5.93. The Morgan fingerprint density at radius 2 is 2.44 bits per heavy atom. The Bertz CT molecular complexity index is 191. The summed E-state index contributed by atoms with van der Waals surface area (Å²) in [6, 6.07) is 0. The summed E-state index contributed by atoms with van der Waals surface area (Å²) in [6.07, 6.45) is 4.58. The normalized spacial score (nSPS) is 20.7. The van der Waals surface area contributed by atoms with Crippen molar-refractivity contribution in [3.63, 3.8) is 0 Å². The van der Waals surface area contributed by atoms with E-state index < -0.39 is 0 Å². The summed E-state index contributed by atoms with van der Waals surface area (Å²) in [5, 5.41) is 6.27. The largest absolute Gasteiger partial charge is 0.372 e.